The van der Waals surface area contributed by atoms with Crippen molar-refractivity contribution in [2.24, 2.45) is 0 Å². The third kappa shape index (κ3) is 4.11. The topological polar surface area (TPSA) is 74.3 Å². The van der Waals surface area contributed by atoms with E-state index in [1.807, 2.05) is 42.6 Å². The third-order valence-corrected chi connectivity index (χ3v) is 5.27. The molecule has 0 aliphatic heterocycles. The highest BCUT2D eigenvalue weighted by Crippen LogP contribution is 2.32. The van der Waals surface area contributed by atoms with Gasteiger partial charge in [0.2, 0.25) is 0 Å². The largest absolute Gasteiger partial charge is 0.495 e. The van der Waals surface area contributed by atoms with Crippen molar-refractivity contribution in [2.75, 3.05) is 7.11 Å². The van der Waals surface area contributed by atoms with Crippen molar-refractivity contribution in [3.63, 3.8) is 0 Å². The lowest BCUT2D eigenvalue weighted by Crippen LogP contribution is -2.38. The normalized spacial score (nSPS) is 12.3. The molecule has 2 aromatic carbocycles. The van der Waals surface area contributed by atoms with E-state index in [4.69, 9.17) is 4.74 Å². The summed E-state index contributed by atoms with van der Waals surface area (Å²) in [5.41, 5.74) is 2.85. The molecule has 0 fully saturated rings. The van der Waals surface area contributed by atoms with Crippen LogP contribution in [0.5, 0.6) is 5.75 Å². The van der Waals surface area contributed by atoms with Crippen molar-refractivity contribution < 1.29 is 14.6 Å². The highest BCUT2D eigenvalue weighted by Gasteiger charge is 2.20. The summed E-state index contributed by atoms with van der Waals surface area (Å²) in [6, 6.07) is 11.0. The molecule has 5 nitrogen and oxygen atoms in total. The van der Waals surface area contributed by atoms with Gasteiger partial charge in [0.05, 0.1) is 11.6 Å². The van der Waals surface area contributed by atoms with E-state index in [1.165, 1.54) is 0 Å². The van der Waals surface area contributed by atoms with Crippen LogP contribution in [0.3, 0.4) is 0 Å². The van der Waals surface area contributed by atoms with E-state index < -0.39 is 12.0 Å². The van der Waals surface area contributed by atoms with Gasteiger partial charge in [-0.15, -0.1) is 0 Å². The highest BCUT2D eigenvalue weighted by atomic mass is 79.9. The van der Waals surface area contributed by atoms with E-state index in [2.05, 4.69) is 42.2 Å². The van der Waals surface area contributed by atoms with Crippen LogP contribution in [0.1, 0.15) is 11.1 Å². The Balaban J connectivity index is 1.79. The predicted molar refractivity (Wildman–Crippen MR) is 109 cm³/mol. The van der Waals surface area contributed by atoms with Crippen molar-refractivity contribution >= 4 is 48.7 Å². The summed E-state index contributed by atoms with van der Waals surface area (Å²) in [4.78, 5) is 14.9. The number of aromatic amines is 1. The third-order valence-electron chi connectivity index (χ3n) is 4.23. The minimum absolute atomic E-state index is 0.376. The number of carboxylic acids is 1. The number of H-pyrrole nitrogens is 1. The first kappa shape index (κ1) is 18.9. The summed E-state index contributed by atoms with van der Waals surface area (Å²) in [6.45, 7) is 0.376. The second-order valence-electron chi connectivity index (χ2n) is 5.92. The monoisotopic (exact) mass is 480 g/mol. The number of aromatic nitrogens is 1. The summed E-state index contributed by atoms with van der Waals surface area (Å²) in [6.07, 6.45) is 2.26. The summed E-state index contributed by atoms with van der Waals surface area (Å²) >= 11 is 6.92. The van der Waals surface area contributed by atoms with Gasteiger partial charge in [-0.25, -0.2) is 0 Å². The van der Waals surface area contributed by atoms with Crippen LogP contribution in [0.2, 0.25) is 0 Å². The molecule has 1 atom stereocenters. The average Bonchev–Trinajstić information content (AvgIpc) is 3.01. The van der Waals surface area contributed by atoms with Gasteiger partial charge in [-0.05, 0) is 39.7 Å². The fraction of sp³-hybridized carbons (Fsp3) is 0.211. The number of benzene rings is 2. The number of para-hydroxylation sites is 1. The van der Waals surface area contributed by atoms with E-state index in [9.17, 15) is 9.90 Å². The quantitative estimate of drug-likeness (QED) is 0.465. The van der Waals surface area contributed by atoms with E-state index >= 15 is 0 Å². The molecule has 3 N–H and O–H groups in total. The van der Waals surface area contributed by atoms with Crippen LogP contribution in [0, 0.1) is 0 Å². The Morgan fingerprint density at radius 3 is 2.77 bits per heavy atom. The number of nitrogens with one attached hydrogen (secondary N) is 2. The molecule has 0 aliphatic carbocycles. The molecule has 1 heterocycles. The molecule has 26 heavy (non-hydrogen) atoms. The number of carboxylic acid groups (broad SMARTS) is 1. The van der Waals surface area contributed by atoms with Crippen LogP contribution in [-0.2, 0) is 17.8 Å². The molecular weight excluding hydrogens is 464 g/mol. The molecule has 136 valence electrons. The number of halogens is 2. The highest BCUT2D eigenvalue weighted by molar-refractivity contribution is 9.11. The lowest BCUT2D eigenvalue weighted by atomic mass is 10.0. The van der Waals surface area contributed by atoms with Crippen molar-refractivity contribution in [3.8, 4) is 5.75 Å². The van der Waals surface area contributed by atoms with E-state index in [1.54, 1.807) is 7.11 Å². The molecule has 1 aromatic heterocycles. The fourth-order valence-electron chi connectivity index (χ4n) is 2.97. The van der Waals surface area contributed by atoms with Gasteiger partial charge >= 0.3 is 5.97 Å². The summed E-state index contributed by atoms with van der Waals surface area (Å²) < 4.78 is 7.14. The molecule has 0 amide bonds. The number of hydrogen-bond acceptors (Lipinski definition) is 3. The zero-order valence-corrected chi connectivity index (χ0v) is 17.2. The number of fused-ring (bicyclic) bond motifs is 1. The van der Waals surface area contributed by atoms with Gasteiger partial charge in [-0.3, -0.25) is 10.1 Å². The first-order valence-electron chi connectivity index (χ1n) is 8.02. The van der Waals surface area contributed by atoms with Gasteiger partial charge in [0, 0.05) is 40.1 Å². The maximum Gasteiger partial charge on any atom is 0.321 e. The first-order chi connectivity index (χ1) is 12.5. The second kappa shape index (κ2) is 8.24. The fourth-order valence-corrected chi connectivity index (χ4v) is 4.45. The van der Waals surface area contributed by atoms with Crippen LogP contribution in [0.4, 0.5) is 0 Å². The average molecular weight is 482 g/mol. The number of aliphatic carboxylic acids is 1. The molecule has 0 bridgehead atoms. The molecule has 0 saturated carbocycles. The molecular formula is C19H18Br2N2O3. The molecule has 0 unspecified atom stereocenters. The number of rotatable bonds is 7. The number of hydrogen-bond donors (Lipinski definition) is 3. The van der Waals surface area contributed by atoms with Gasteiger partial charge in [-0.2, -0.15) is 0 Å². The van der Waals surface area contributed by atoms with Crippen molar-refractivity contribution in [3.05, 3.63) is 62.7 Å². The standard InChI is InChI=1S/C19H18Br2N2O3/c1-26-18-12(6-13(20)8-15(18)21)10-23-17(19(24)25)7-11-9-22-16-5-3-2-4-14(11)16/h2-6,8-9,17,22-23H,7,10H2,1H3,(H,24,25)/t17-/m0/s1. The van der Waals surface area contributed by atoms with E-state index in [-0.39, 0.29) is 0 Å². The Labute approximate surface area is 168 Å². The Morgan fingerprint density at radius 2 is 2.04 bits per heavy atom. The van der Waals surface area contributed by atoms with Crippen molar-refractivity contribution in [1.82, 2.24) is 10.3 Å². The van der Waals surface area contributed by atoms with Gasteiger partial charge < -0.3 is 14.8 Å². The molecule has 0 aliphatic rings. The van der Waals surface area contributed by atoms with Gasteiger partial charge in [-0.1, -0.05) is 34.1 Å². The predicted octanol–water partition coefficient (Wildman–Crippen LogP) is 4.49. The van der Waals surface area contributed by atoms with Crippen LogP contribution in [-0.4, -0.2) is 29.2 Å². The SMILES string of the molecule is COc1c(Br)cc(Br)cc1CN[C@@H](Cc1c[nH]c2ccccc12)C(=O)O. The number of ether oxygens (including phenoxy) is 1. The zero-order valence-electron chi connectivity index (χ0n) is 14.1. The number of methoxy groups -OCH3 is 1. The van der Waals surface area contributed by atoms with Crippen LogP contribution in [0.25, 0.3) is 10.9 Å². The Morgan fingerprint density at radius 1 is 1.27 bits per heavy atom. The summed E-state index contributed by atoms with van der Waals surface area (Å²) in [5.74, 6) is -0.194. The Bertz CT molecular complexity index is 940. The lowest BCUT2D eigenvalue weighted by Gasteiger charge is -2.17. The Hall–Kier alpha value is -1.83. The maximum absolute atomic E-state index is 11.7. The molecule has 3 rings (SSSR count). The lowest BCUT2D eigenvalue weighted by molar-refractivity contribution is -0.139. The first-order valence-corrected chi connectivity index (χ1v) is 9.61. The van der Waals surface area contributed by atoms with E-state index in [0.29, 0.717) is 18.7 Å². The Kier molecular flexibility index (Phi) is 6.01. The molecule has 3 aromatic rings. The van der Waals surface area contributed by atoms with Crippen molar-refractivity contribution in [1.29, 1.82) is 0 Å². The minimum atomic E-state index is -0.886. The van der Waals surface area contributed by atoms with Gasteiger partial charge in [0.15, 0.2) is 0 Å². The minimum Gasteiger partial charge on any atom is -0.495 e. The van der Waals surface area contributed by atoms with Gasteiger partial charge in [0.25, 0.3) is 0 Å². The second-order valence-corrected chi connectivity index (χ2v) is 7.69. The molecule has 7 heteroatoms. The van der Waals surface area contributed by atoms with Crippen LogP contribution < -0.4 is 10.1 Å². The molecule has 0 spiro atoms. The number of carbonyl (C=O) groups is 1. The molecule has 0 radical (unpaired) electrons. The van der Waals surface area contributed by atoms with Gasteiger partial charge in [0.1, 0.15) is 11.8 Å². The smallest absolute Gasteiger partial charge is 0.321 e. The summed E-state index contributed by atoms with van der Waals surface area (Å²) in [5, 5.41) is 13.8. The van der Waals surface area contributed by atoms with Crippen molar-refractivity contribution in [2.45, 2.75) is 19.0 Å². The summed E-state index contributed by atoms with van der Waals surface area (Å²) in [7, 11) is 1.60. The zero-order chi connectivity index (χ0) is 18.7. The molecule has 0 saturated heterocycles. The van der Waals surface area contributed by atoms with Crippen LogP contribution >= 0.6 is 31.9 Å². The van der Waals surface area contributed by atoms with Crippen LogP contribution in [0.15, 0.2) is 51.5 Å². The maximum atomic E-state index is 11.7. The van der Waals surface area contributed by atoms with E-state index in [0.717, 1.165) is 31.0 Å².